The first-order valence-corrected chi connectivity index (χ1v) is 8.87. The topological polar surface area (TPSA) is 122 Å². The van der Waals surface area contributed by atoms with Gasteiger partial charge in [-0.2, -0.15) is 0 Å². The fourth-order valence-electron chi connectivity index (χ4n) is 2.71. The molecule has 4 amide bonds. The van der Waals surface area contributed by atoms with E-state index in [4.69, 9.17) is 26.2 Å². The van der Waals surface area contributed by atoms with E-state index >= 15 is 0 Å². The largest absolute Gasteiger partial charge is 0.493 e. The van der Waals surface area contributed by atoms with Gasteiger partial charge < -0.3 is 14.6 Å². The van der Waals surface area contributed by atoms with Crippen molar-refractivity contribution in [2.75, 3.05) is 18.6 Å². The van der Waals surface area contributed by atoms with Crippen LogP contribution in [-0.2, 0) is 14.4 Å². The Hall–Kier alpha value is -3.85. The van der Waals surface area contributed by atoms with Gasteiger partial charge in [0.05, 0.1) is 12.8 Å². The number of barbiturate groups is 1. The van der Waals surface area contributed by atoms with Crippen LogP contribution in [0.5, 0.6) is 11.5 Å². The van der Waals surface area contributed by atoms with Crippen LogP contribution in [0, 0.1) is 0 Å². The third-order valence-corrected chi connectivity index (χ3v) is 4.25. The van der Waals surface area contributed by atoms with Gasteiger partial charge in [0, 0.05) is 5.02 Å². The maximum Gasteiger partial charge on any atom is 0.341 e. The van der Waals surface area contributed by atoms with Gasteiger partial charge in [-0.1, -0.05) is 23.7 Å². The number of halogens is 1. The van der Waals surface area contributed by atoms with Crippen LogP contribution >= 0.6 is 11.6 Å². The van der Waals surface area contributed by atoms with Crippen molar-refractivity contribution in [2.24, 2.45) is 0 Å². The molecule has 30 heavy (non-hydrogen) atoms. The van der Waals surface area contributed by atoms with Crippen molar-refractivity contribution in [2.45, 2.75) is 0 Å². The highest BCUT2D eigenvalue weighted by atomic mass is 35.5. The summed E-state index contributed by atoms with van der Waals surface area (Å²) in [6, 6.07) is 9.60. The van der Waals surface area contributed by atoms with Crippen LogP contribution < -0.4 is 19.7 Å². The molecule has 1 fully saturated rings. The minimum Gasteiger partial charge on any atom is -0.493 e. The number of anilines is 1. The van der Waals surface area contributed by atoms with E-state index in [2.05, 4.69) is 5.32 Å². The minimum absolute atomic E-state index is 0.178. The van der Waals surface area contributed by atoms with E-state index in [1.54, 1.807) is 12.1 Å². The number of aliphatic carboxylic acids is 1. The van der Waals surface area contributed by atoms with Crippen molar-refractivity contribution in [1.29, 1.82) is 0 Å². The normalized spacial score (nSPS) is 15.2. The molecule has 0 atom stereocenters. The van der Waals surface area contributed by atoms with Gasteiger partial charge in [0.2, 0.25) is 0 Å². The van der Waals surface area contributed by atoms with Crippen LogP contribution in [-0.4, -0.2) is 42.6 Å². The van der Waals surface area contributed by atoms with Gasteiger partial charge in [-0.25, -0.2) is 14.5 Å². The fourth-order valence-corrected chi connectivity index (χ4v) is 2.89. The molecule has 1 heterocycles. The number of carbonyl (C=O) groups excluding carboxylic acids is 3. The molecule has 0 aromatic heterocycles. The predicted molar refractivity (Wildman–Crippen MR) is 107 cm³/mol. The number of amides is 4. The number of carboxylic acid groups (broad SMARTS) is 1. The molecule has 9 nitrogen and oxygen atoms in total. The minimum atomic E-state index is -1.15. The summed E-state index contributed by atoms with van der Waals surface area (Å²) in [5, 5.41) is 11.2. The van der Waals surface area contributed by atoms with Crippen molar-refractivity contribution in [1.82, 2.24) is 5.32 Å². The first-order valence-electron chi connectivity index (χ1n) is 8.50. The molecule has 0 saturated carbocycles. The lowest BCUT2D eigenvalue weighted by Gasteiger charge is -2.26. The number of carboxylic acids is 1. The van der Waals surface area contributed by atoms with Crippen molar-refractivity contribution in [3.05, 3.63) is 58.6 Å². The third kappa shape index (κ3) is 4.41. The quantitative estimate of drug-likeness (QED) is 0.533. The summed E-state index contributed by atoms with van der Waals surface area (Å²) in [5.74, 6) is -2.45. The highest BCUT2D eigenvalue weighted by Crippen LogP contribution is 2.30. The number of imide groups is 2. The lowest BCUT2D eigenvalue weighted by Crippen LogP contribution is -2.54. The second-order valence-electron chi connectivity index (χ2n) is 6.03. The van der Waals surface area contributed by atoms with E-state index in [9.17, 15) is 19.2 Å². The molecule has 2 aromatic rings. The Morgan fingerprint density at radius 2 is 1.93 bits per heavy atom. The first-order chi connectivity index (χ1) is 14.3. The number of hydrogen-bond donors (Lipinski definition) is 2. The summed E-state index contributed by atoms with van der Waals surface area (Å²) in [6.45, 7) is -0.561. The van der Waals surface area contributed by atoms with Crippen LogP contribution in [0.25, 0.3) is 6.08 Å². The molecule has 10 heteroatoms. The average molecular weight is 431 g/mol. The number of benzene rings is 2. The summed E-state index contributed by atoms with van der Waals surface area (Å²) in [7, 11) is 1.36. The maximum atomic E-state index is 12.9. The van der Waals surface area contributed by atoms with Gasteiger partial charge in [-0.15, -0.1) is 0 Å². The molecule has 0 bridgehead atoms. The molecule has 0 radical (unpaired) electrons. The number of rotatable bonds is 6. The van der Waals surface area contributed by atoms with Crippen molar-refractivity contribution < 1.29 is 33.8 Å². The lowest BCUT2D eigenvalue weighted by molar-refractivity contribution is -0.139. The summed E-state index contributed by atoms with van der Waals surface area (Å²) < 4.78 is 10.3. The van der Waals surface area contributed by atoms with Crippen LogP contribution in [0.15, 0.2) is 48.0 Å². The highest BCUT2D eigenvalue weighted by Gasteiger charge is 2.36. The van der Waals surface area contributed by atoms with E-state index in [-0.39, 0.29) is 22.8 Å². The second-order valence-corrected chi connectivity index (χ2v) is 6.47. The Labute approximate surface area is 175 Å². The summed E-state index contributed by atoms with van der Waals surface area (Å²) in [4.78, 5) is 48.8. The summed E-state index contributed by atoms with van der Waals surface area (Å²) in [6.07, 6.45) is 1.28. The number of nitrogens with zero attached hydrogens (tertiary/aromatic N) is 1. The number of carbonyl (C=O) groups is 4. The van der Waals surface area contributed by atoms with Crippen molar-refractivity contribution >= 4 is 47.2 Å². The highest BCUT2D eigenvalue weighted by molar-refractivity contribution is 6.39. The fraction of sp³-hybridized carbons (Fsp3) is 0.100. The molecule has 0 unspecified atom stereocenters. The number of methoxy groups -OCH3 is 1. The van der Waals surface area contributed by atoms with Gasteiger partial charge >= 0.3 is 12.0 Å². The maximum absolute atomic E-state index is 12.9. The van der Waals surface area contributed by atoms with E-state index in [0.29, 0.717) is 10.6 Å². The SMILES string of the molecule is COc1cc(/C=C2\C(=O)NC(=O)N(c3cccc(Cl)c3)C2=O)ccc1OCC(=O)O. The number of hydrogen-bond acceptors (Lipinski definition) is 6. The summed E-state index contributed by atoms with van der Waals surface area (Å²) >= 11 is 5.93. The molecule has 2 aromatic carbocycles. The van der Waals surface area contributed by atoms with E-state index < -0.39 is 30.4 Å². The Balaban J connectivity index is 1.95. The van der Waals surface area contributed by atoms with Gasteiger partial charge in [0.1, 0.15) is 5.57 Å². The molecule has 1 aliphatic rings. The monoisotopic (exact) mass is 430 g/mol. The molecule has 0 aliphatic carbocycles. The molecular formula is C20H15ClN2O7. The molecular weight excluding hydrogens is 416 g/mol. The average Bonchev–Trinajstić information content (AvgIpc) is 2.69. The van der Waals surface area contributed by atoms with Gasteiger partial charge in [-0.05, 0) is 42.0 Å². The second kappa shape index (κ2) is 8.66. The lowest BCUT2D eigenvalue weighted by atomic mass is 10.1. The zero-order valence-electron chi connectivity index (χ0n) is 15.5. The summed E-state index contributed by atoms with van der Waals surface area (Å²) in [5.41, 5.74) is 0.322. The molecule has 154 valence electrons. The van der Waals surface area contributed by atoms with E-state index in [1.165, 1.54) is 43.5 Å². The Bertz CT molecular complexity index is 1080. The zero-order valence-corrected chi connectivity index (χ0v) is 16.3. The van der Waals surface area contributed by atoms with Crippen molar-refractivity contribution in [3.63, 3.8) is 0 Å². The van der Waals surface area contributed by atoms with Crippen LogP contribution in [0.3, 0.4) is 0 Å². The molecule has 1 aliphatic heterocycles. The van der Waals surface area contributed by atoms with Crippen molar-refractivity contribution in [3.8, 4) is 11.5 Å². The standard InChI is InChI=1S/C20H15ClN2O7/c1-29-16-8-11(5-6-15(16)30-10-17(24)25)7-14-18(26)22-20(28)23(19(14)27)13-4-2-3-12(21)9-13/h2-9H,10H2,1H3,(H,24,25)(H,22,26,28)/b14-7+. The van der Waals surface area contributed by atoms with Gasteiger partial charge in [0.15, 0.2) is 18.1 Å². The molecule has 3 rings (SSSR count). The van der Waals surface area contributed by atoms with Gasteiger partial charge in [0.25, 0.3) is 11.8 Å². The smallest absolute Gasteiger partial charge is 0.341 e. The predicted octanol–water partition coefficient (Wildman–Crippen LogP) is 2.48. The number of ether oxygens (including phenoxy) is 2. The molecule has 0 spiro atoms. The third-order valence-electron chi connectivity index (χ3n) is 4.02. The molecule has 2 N–H and O–H groups in total. The van der Waals surface area contributed by atoms with Crippen LogP contribution in [0.4, 0.5) is 10.5 Å². The Kier molecular flexibility index (Phi) is 6.03. The number of nitrogens with one attached hydrogen (secondary N) is 1. The van der Waals surface area contributed by atoms with Crippen LogP contribution in [0.1, 0.15) is 5.56 Å². The first kappa shape index (κ1) is 20.9. The van der Waals surface area contributed by atoms with E-state index in [1.807, 2.05) is 0 Å². The Morgan fingerprint density at radius 3 is 2.60 bits per heavy atom. The molecule has 1 saturated heterocycles. The van der Waals surface area contributed by atoms with E-state index in [0.717, 1.165) is 4.90 Å². The Morgan fingerprint density at radius 1 is 1.17 bits per heavy atom. The zero-order chi connectivity index (χ0) is 21.8. The van der Waals surface area contributed by atoms with Crippen LogP contribution in [0.2, 0.25) is 5.02 Å². The number of urea groups is 1. The van der Waals surface area contributed by atoms with Gasteiger partial charge in [-0.3, -0.25) is 14.9 Å².